The SMILES string of the molecule is C=CCNc1nc(C(=O)OCC(=O)Nc2ccc(OCC)cc2)cs1. The number of anilines is 2. The third-order valence-corrected chi connectivity index (χ3v) is 3.69. The van der Waals surface area contributed by atoms with Crippen LogP contribution in [0, 0.1) is 0 Å². The van der Waals surface area contributed by atoms with Gasteiger partial charge in [0.15, 0.2) is 17.4 Å². The molecule has 2 rings (SSSR count). The maximum absolute atomic E-state index is 11.9. The van der Waals surface area contributed by atoms with E-state index in [0.717, 1.165) is 5.75 Å². The summed E-state index contributed by atoms with van der Waals surface area (Å²) in [5.41, 5.74) is 0.750. The topological polar surface area (TPSA) is 89.5 Å². The van der Waals surface area contributed by atoms with E-state index in [1.807, 2.05) is 6.92 Å². The number of hydrogen-bond donors (Lipinski definition) is 2. The van der Waals surface area contributed by atoms with E-state index in [1.165, 1.54) is 11.3 Å². The molecule has 0 unspecified atom stereocenters. The third-order valence-electron chi connectivity index (χ3n) is 2.89. The minimum atomic E-state index is -0.648. The first-order valence-corrected chi connectivity index (χ1v) is 8.50. The van der Waals surface area contributed by atoms with Crippen molar-refractivity contribution < 1.29 is 19.1 Å². The second kappa shape index (κ2) is 9.43. The Morgan fingerprint density at radius 2 is 2.08 bits per heavy atom. The number of thiazole rings is 1. The molecule has 1 amide bonds. The number of carbonyl (C=O) groups excluding carboxylic acids is 2. The van der Waals surface area contributed by atoms with Gasteiger partial charge >= 0.3 is 5.97 Å². The van der Waals surface area contributed by atoms with Crippen LogP contribution in [0.4, 0.5) is 10.8 Å². The number of aromatic nitrogens is 1. The molecule has 0 saturated heterocycles. The van der Waals surface area contributed by atoms with E-state index in [9.17, 15) is 9.59 Å². The number of amides is 1. The summed E-state index contributed by atoms with van der Waals surface area (Å²) in [5, 5.41) is 7.77. The highest BCUT2D eigenvalue weighted by atomic mass is 32.1. The predicted molar refractivity (Wildman–Crippen MR) is 97.3 cm³/mol. The van der Waals surface area contributed by atoms with E-state index < -0.39 is 11.9 Å². The van der Waals surface area contributed by atoms with Crippen molar-refractivity contribution in [1.29, 1.82) is 0 Å². The van der Waals surface area contributed by atoms with E-state index in [2.05, 4.69) is 22.2 Å². The Hall–Kier alpha value is -2.87. The summed E-state index contributed by atoms with van der Waals surface area (Å²) in [6.45, 7) is 6.21. The highest BCUT2D eigenvalue weighted by Gasteiger charge is 2.14. The molecule has 132 valence electrons. The van der Waals surface area contributed by atoms with Crippen LogP contribution in [-0.4, -0.2) is 36.6 Å². The van der Waals surface area contributed by atoms with Crippen LogP contribution in [0.15, 0.2) is 42.3 Å². The quantitative estimate of drug-likeness (QED) is 0.527. The van der Waals surface area contributed by atoms with Gasteiger partial charge in [0.2, 0.25) is 0 Å². The summed E-state index contributed by atoms with van der Waals surface area (Å²) in [5.74, 6) is -0.362. The van der Waals surface area contributed by atoms with Gasteiger partial charge in [-0.3, -0.25) is 4.79 Å². The van der Waals surface area contributed by atoms with Gasteiger partial charge in [0, 0.05) is 17.6 Å². The van der Waals surface area contributed by atoms with Gasteiger partial charge in [0.25, 0.3) is 5.91 Å². The fourth-order valence-electron chi connectivity index (χ4n) is 1.81. The molecule has 0 spiro atoms. The molecule has 1 aromatic carbocycles. The van der Waals surface area contributed by atoms with E-state index >= 15 is 0 Å². The van der Waals surface area contributed by atoms with Crippen LogP contribution in [0.3, 0.4) is 0 Å². The molecule has 25 heavy (non-hydrogen) atoms. The number of esters is 1. The lowest BCUT2D eigenvalue weighted by Crippen LogP contribution is -2.21. The molecule has 2 N–H and O–H groups in total. The Morgan fingerprint density at radius 1 is 1.32 bits per heavy atom. The maximum atomic E-state index is 11.9. The van der Waals surface area contributed by atoms with Crippen LogP contribution >= 0.6 is 11.3 Å². The maximum Gasteiger partial charge on any atom is 0.358 e. The molecule has 0 saturated carbocycles. The molecular weight excluding hydrogens is 342 g/mol. The molecule has 1 aromatic heterocycles. The van der Waals surface area contributed by atoms with Gasteiger partial charge in [0.1, 0.15) is 5.75 Å². The first-order chi connectivity index (χ1) is 12.1. The standard InChI is InChI=1S/C17H19N3O4S/c1-3-9-18-17-20-14(11-25-17)16(22)24-10-15(21)19-12-5-7-13(8-6-12)23-4-2/h3,5-8,11H,1,4,9-10H2,2H3,(H,18,20)(H,19,21). The average molecular weight is 361 g/mol. The summed E-state index contributed by atoms with van der Waals surface area (Å²) in [7, 11) is 0. The average Bonchev–Trinajstić information content (AvgIpc) is 3.09. The Morgan fingerprint density at radius 3 is 2.76 bits per heavy atom. The van der Waals surface area contributed by atoms with Gasteiger partial charge in [-0.25, -0.2) is 9.78 Å². The zero-order chi connectivity index (χ0) is 18.1. The summed E-state index contributed by atoms with van der Waals surface area (Å²) in [4.78, 5) is 27.8. The van der Waals surface area contributed by atoms with Crippen LogP contribution in [0.25, 0.3) is 0 Å². The first-order valence-electron chi connectivity index (χ1n) is 7.62. The van der Waals surface area contributed by atoms with Crippen LogP contribution in [0.1, 0.15) is 17.4 Å². The molecule has 0 bridgehead atoms. The largest absolute Gasteiger partial charge is 0.494 e. The van der Waals surface area contributed by atoms with Gasteiger partial charge in [-0.1, -0.05) is 6.08 Å². The number of benzene rings is 1. The molecule has 8 heteroatoms. The molecule has 0 fully saturated rings. The number of rotatable bonds is 9. The summed E-state index contributed by atoms with van der Waals surface area (Å²) in [6, 6.07) is 6.92. The van der Waals surface area contributed by atoms with Crippen molar-refractivity contribution in [2.45, 2.75) is 6.92 Å². The molecule has 0 aliphatic heterocycles. The minimum absolute atomic E-state index is 0.158. The second-order valence-corrected chi connectivity index (χ2v) is 5.65. The van der Waals surface area contributed by atoms with Crippen molar-refractivity contribution in [1.82, 2.24) is 4.98 Å². The van der Waals surface area contributed by atoms with Crippen molar-refractivity contribution in [3.8, 4) is 5.75 Å². The molecular formula is C17H19N3O4S. The number of nitrogens with zero attached hydrogens (tertiary/aromatic N) is 1. The molecule has 1 heterocycles. The molecule has 2 aromatic rings. The van der Waals surface area contributed by atoms with Crippen LogP contribution in [-0.2, 0) is 9.53 Å². The molecule has 7 nitrogen and oxygen atoms in total. The van der Waals surface area contributed by atoms with Crippen LogP contribution < -0.4 is 15.4 Å². The summed E-state index contributed by atoms with van der Waals surface area (Å²) >= 11 is 1.28. The molecule has 0 atom stereocenters. The Bertz CT molecular complexity index is 728. The fourth-order valence-corrected chi connectivity index (χ4v) is 2.50. The van der Waals surface area contributed by atoms with E-state index in [0.29, 0.717) is 24.0 Å². The molecule has 0 aliphatic rings. The van der Waals surface area contributed by atoms with Gasteiger partial charge < -0.3 is 20.1 Å². The molecule has 0 aliphatic carbocycles. The zero-order valence-electron chi connectivity index (χ0n) is 13.8. The van der Waals surface area contributed by atoms with Gasteiger partial charge in [-0.05, 0) is 31.2 Å². The Labute approximate surface area is 149 Å². The van der Waals surface area contributed by atoms with E-state index in [4.69, 9.17) is 9.47 Å². The predicted octanol–water partition coefficient (Wildman–Crippen LogP) is 2.94. The second-order valence-electron chi connectivity index (χ2n) is 4.79. The number of ether oxygens (including phenoxy) is 2. The minimum Gasteiger partial charge on any atom is -0.494 e. The third kappa shape index (κ3) is 5.92. The number of hydrogen-bond acceptors (Lipinski definition) is 7. The van der Waals surface area contributed by atoms with Crippen LogP contribution in [0.2, 0.25) is 0 Å². The van der Waals surface area contributed by atoms with Gasteiger partial charge in [-0.2, -0.15) is 0 Å². The van der Waals surface area contributed by atoms with Gasteiger partial charge in [0.05, 0.1) is 6.61 Å². The fraction of sp³-hybridized carbons (Fsp3) is 0.235. The lowest BCUT2D eigenvalue weighted by atomic mass is 10.3. The summed E-state index contributed by atoms with van der Waals surface area (Å²) in [6.07, 6.45) is 1.69. The first kappa shape index (κ1) is 18.5. The summed E-state index contributed by atoms with van der Waals surface area (Å²) < 4.78 is 10.3. The Balaban J connectivity index is 1.79. The number of nitrogens with one attached hydrogen (secondary N) is 2. The van der Waals surface area contributed by atoms with E-state index in [-0.39, 0.29) is 12.3 Å². The van der Waals surface area contributed by atoms with Crippen molar-refractivity contribution in [3.05, 3.63) is 48.0 Å². The van der Waals surface area contributed by atoms with Crippen molar-refractivity contribution >= 4 is 34.0 Å². The van der Waals surface area contributed by atoms with Crippen molar-refractivity contribution in [2.24, 2.45) is 0 Å². The lowest BCUT2D eigenvalue weighted by Gasteiger charge is -2.07. The van der Waals surface area contributed by atoms with E-state index in [1.54, 1.807) is 35.7 Å². The number of carbonyl (C=O) groups is 2. The lowest BCUT2D eigenvalue weighted by molar-refractivity contribution is -0.119. The normalized spacial score (nSPS) is 9.96. The van der Waals surface area contributed by atoms with Crippen molar-refractivity contribution in [3.63, 3.8) is 0 Å². The Kier molecular flexibility index (Phi) is 6.97. The highest BCUT2D eigenvalue weighted by molar-refractivity contribution is 7.13. The zero-order valence-corrected chi connectivity index (χ0v) is 14.6. The smallest absolute Gasteiger partial charge is 0.358 e. The van der Waals surface area contributed by atoms with Crippen LogP contribution in [0.5, 0.6) is 5.75 Å². The van der Waals surface area contributed by atoms with Gasteiger partial charge in [-0.15, -0.1) is 17.9 Å². The molecule has 0 radical (unpaired) electrons. The highest BCUT2D eigenvalue weighted by Crippen LogP contribution is 2.17. The van der Waals surface area contributed by atoms with Crippen molar-refractivity contribution in [2.75, 3.05) is 30.4 Å². The monoisotopic (exact) mass is 361 g/mol.